The molecule has 2 heterocycles. The van der Waals surface area contributed by atoms with Crippen molar-refractivity contribution in [1.29, 1.82) is 0 Å². The third-order valence-corrected chi connectivity index (χ3v) is 4.45. The van der Waals surface area contributed by atoms with Crippen LogP contribution in [-0.2, 0) is 4.79 Å². The molecule has 1 aliphatic heterocycles. The van der Waals surface area contributed by atoms with Gasteiger partial charge in [-0.25, -0.2) is 4.98 Å². The molecule has 1 amide bonds. The molecule has 0 atom stereocenters. The van der Waals surface area contributed by atoms with E-state index in [1.807, 2.05) is 42.5 Å². The Bertz CT molecular complexity index is 939. The van der Waals surface area contributed by atoms with Gasteiger partial charge in [0.2, 0.25) is 11.9 Å². The van der Waals surface area contributed by atoms with E-state index in [4.69, 9.17) is 4.98 Å². The van der Waals surface area contributed by atoms with E-state index in [1.165, 1.54) is 19.8 Å². The Morgan fingerprint density at radius 1 is 0.963 bits per heavy atom. The highest BCUT2D eigenvalue weighted by atomic mass is 35.5. The number of hydrogen-bond donors (Lipinski definition) is 2. The molecule has 27 heavy (non-hydrogen) atoms. The summed E-state index contributed by atoms with van der Waals surface area (Å²) in [4.78, 5) is 22.9. The fraction of sp³-hybridized carbons (Fsp3) is 0.250. The number of anilines is 4. The number of carbonyl (C=O) groups excluding carboxylic acids is 1. The lowest BCUT2D eigenvalue weighted by atomic mass is 10.2. The van der Waals surface area contributed by atoms with Crippen LogP contribution in [0.3, 0.4) is 0 Å². The first-order chi connectivity index (χ1) is 12.7. The van der Waals surface area contributed by atoms with Crippen LogP contribution in [0, 0.1) is 0 Å². The first-order valence-electron chi connectivity index (χ1n) is 8.85. The molecule has 0 radical (unpaired) electrons. The van der Waals surface area contributed by atoms with Crippen molar-refractivity contribution < 1.29 is 4.79 Å². The summed E-state index contributed by atoms with van der Waals surface area (Å²) in [5.74, 6) is 1.49. The topological polar surface area (TPSA) is 70.2 Å². The lowest BCUT2D eigenvalue weighted by Gasteiger charge is -2.19. The number of aromatic nitrogens is 2. The summed E-state index contributed by atoms with van der Waals surface area (Å²) in [5, 5.41) is 7.12. The SMILES string of the molecule is CC(=O)Nc1ccc(Nc2nc(N3CCCC3)c3ccccc3n2)cc1.Cl. The summed E-state index contributed by atoms with van der Waals surface area (Å²) < 4.78 is 0. The van der Waals surface area contributed by atoms with E-state index in [9.17, 15) is 4.79 Å². The highest BCUT2D eigenvalue weighted by Crippen LogP contribution is 2.29. The van der Waals surface area contributed by atoms with Crippen molar-refractivity contribution in [3.63, 3.8) is 0 Å². The van der Waals surface area contributed by atoms with Gasteiger partial charge < -0.3 is 15.5 Å². The van der Waals surface area contributed by atoms with Gasteiger partial charge in [0.15, 0.2) is 0 Å². The second-order valence-corrected chi connectivity index (χ2v) is 6.47. The second kappa shape index (κ2) is 8.22. The summed E-state index contributed by atoms with van der Waals surface area (Å²) in [6, 6.07) is 15.6. The molecular weight excluding hydrogens is 362 g/mol. The van der Waals surface area contributed by atoms with Crippen LogP contribution in [-0.4, -0.2) is 29.0 Å². The molecular formula is C20H22ClN5O. The van der Waals surface area contributed by atoms with Gasteiger partial charge in [-0.15, -0.1) is 12.4 Å². The van der Waals surface area contributed by atoms with E-state index < -0.39 is 0 Å². The molecule has 2 N–H and O–H groups in total. The Morgan fingerprint density at radius 3 is 2.33 bits per heavy atom. The van der Waals surface area contributed by atoms with Crippen molar-refractivity contribution in [2.75, 3.05) is 28.6 Å². The summed E-state index contributed by atoms with van der Waals surface area (Å²) in [5.41, 5.74) is 2.57. The lowest BCUT2D eigenvalue weighted by molar-refractivity contribution is -0.114. The molecule has 4 rings (SSSR count). The quantitative estimate of drug-likeness (QED) is 0.700. The van der Waals surface area contributed by atoms with Gasteiger partial charge in [0.25, 0.3) is 0 Å². The smallest absolute Gasteiger partial charge is 0.229 e. The Labute approximate surface area is 164 Å². The van der Waals surface area contributed by atoms with Crippen LogP contribution < -0.4 is 15.5 Å². The van der Waals surface area contributed by atoms with E-state index in [1.54, 1.807) is 0 Å². The first-order valence-corrected chi connectivity index (χ1v) is 8.85. The summed E-state index contributed by atoms with van der Waals surface area (Å²) in [6.07, 6.45) is 2.40. The van der Waals surface area contributed by atoms with E-state index in [0.29, 0.717) is 5.95 Å². The number of hydrogen-bond acceptors (Lipinski definition) is 5. The van der Waals surface area contributed by atoms with E-state index in [2.05, 4.69) is 26.6 Å². The average molecular weight is 384 g/mol. The van der Waals surface area contributed by atoms with Crippen molar-refractivity contribution in [1.82, 2.24) is 9.97 Å². The highest BCUT2D eigenvalue weighted by molar-refractivity contribution is 5.91. The minimum atomic E-state index is -0.0844. The zero-order valence-electron chi connectivity index (χ0n) is 15.1. The molecule has 0 aliphatic carbocycles. The van der Waals surface area contributed by atoms with Gasteiger partial charge in [0.05, 0.1) is 5.52 Å². The molecule has 1 aromatic heterocycles. The molecule has 1 aliphatic rings. The predicted molar refractivity (Wildman–Crippen MR) is 112 cm³/mol. The number of halogens is 1. The van der Waals surface area contributed by atoms with Crippen molar-refractivity contribution in [3.05, 3.63) is 48.5 Å². The number of benzene rings is 2. The van der Waals surface area contributed by atoms with E-state index in [-0.39, 0.29) is 18.3 Å². The standard InChI is InChI=1S/C20H21N5O.ClH/c1-14(26)21-15-8-10-16(11-9-15)22-20-23-18-7-3-2-6-17(18)19(24-20)25-12-4-5-13-25;/h2-3,6-11H,4-5,12-13H2,1H3,(H,21,26)(H,22,23,24);1H. The van der Waals surface area contributed by atoms with Crippen molar-refractivity contribution in [3.8, 4) is 0 Å². The average Bonchev–Trinajstić information content (AvgIpc) is 3.17. The molecule has 0 saturated carbocycles. The van der Waals surface area contributed by atoms with Crippen LogP contribution in [0.2, 0.25) is 0 Å². The molecule has 3 aromatic rings. The molecule has 7 heteroatoms. The third-order valence-electron chi connectivity index (χ3n) is 4.45. The van der Waals surface area contributed by atoms with Gasteiger partial charge in [-0.05, 0) is 49.2 Å². The molecule has 6 nitrogen and oxygen atoms in total. The number of rotatable bonds is 4. The largest absolute Gasteiger partial charge is 0.356 e. The van der Waals surface area contributed by atoms with Gasteiger partial charge in [0.1, 0.15) is 5.82 Å². The molecule has 0 bridgehead atoms. The van der Waals surface area contributed by atoms with Crippen LogP contribution in [0.1, 0.15) is 19.8 Å². The van der Waals surface area contributed by atoms with E-state index >= 15 is 0 Å². The highest BCUT2D eigenvalue weighted by Gasteiger charge is 2.18. The van der Waals surface area contributed by atoms with E-state index in [0.717, 1.165) is 41.2 Å². The maximum Gasteiger partial charge on any atom is 0.229 e. The number of para-hydroxylation sites is 1. The zero-order valence-corrected chi connectivity index (χ0v) is 15.9. The van der Waals surface area contributed by atoms with Crippen LogP contribution in [0.25, 0.3) is 10.9 Å². The van der Waals surface area contributed by atoms with Crippen molar-refractivity contribution in [2.24, 2.45) is 0 Å². The monoisotopic (exact) mass is 383 g/mol. The molecule has 1 saturated heterocycles. The van der Waals surface area contributed by atoms with Crippen LogP contribution >= 0.6 is 12.4 Å². The Balaban J connectivity index is 0.00000210. The van der Waals surface area contributed by atoms with Gasteiger partial charge in [-0.3, -0.25) is 4.79 Å². The molecule has 0 unspecified atom stereocenters. The lowest BCUT2D eigenvalue weighted by Crippen LogP contribution is -2.20. The molecule has 1 fully saturated rings. The van der Waals surface area contributed by atoms with Crippen LogP contribution in [0.4, 0.5) is 23.1 Å². The van der Waals surface area contributed by atoms with Crippen molar-refractivity contribution in [2.45, 2.75) is 19.8 Å². The number of carbonyl (C=O) groups is 1. The minimum absolute atomic E-state index is 0. The minimum Gasteiger partial charge on any atom is -0.356 e. The predicted octanol–water partition coefficient (Wildman–Crippen LogP) is 4.35. The maximum atomic E-state index is 11.1. The maximum absolute atomic E-state index is 11.1. The Hall–Kier alpha value is -2.86. The first kappa shape index (κ1) is 18.9. The van der Waals surface area contributed by atoms with Gasteiger partial charge in [-0.1, -0.05) is 12.1 Å². The number of nitrogens with zero attached hydrogens (tertiary/aromatic N) is 3. The molecule has 140 valence electrons. The fourth-order valence-corrected chi connectivity index (χ4v) is 3.25. The molecule has 2 aromatic carbocycles. The van der Waals surface area contributed by atoms with Crippen LogP contribution in [0.5, 0.6) is 0 Å². The van der Waals surface area contributed by atoms with Crippen molar-refractivity contribution >= 4 is 52.4 Å². The summed E-state index contributed by atoms with van der Waals surface area (Å²) in [6.45, 7) is 3.56. The van der Waals surface area contributed by atoms with Gasteiger partial charge in [-0.2, -0.15) is 4.98 Å². The third kappa shape index (κ3) is 4.28. The summed E-state index contributed by atoms with van der Waals surface area (Å²) >= 11 is 0. The Kier molecular flexibility index (Phi) is 5.76. The fourth-order valence-electron chi connectivity index (χ4n) is 3.25. The van der Waals surface area contributed by atoms with Gasteiger partial charge >= 0.3 is 0 Å². The van der Waals surface area contributed by atoms with Gasteiger partial charge in [0, 0.05) is 36.8 Å². The normalized spacial score (nSPS) is 13.3. The van der Waals surface area contributed by atoms with Crippen LogP contribution in [0.15, 0.2) is 48.5 Å². The summed E-state index contributed by atoms with van der Waals surface area (Å²) in [7, 11) is 0. The second-order valence-electron chi connectivity index (χ2n) is 6.47. The number of amides is 1. The zero-order chi connectivity index (χ0) is 17.9. The Morgan fingerprint density at radius 2 is 1.63 bits per heavy atom. The molecule has 0 spiro atoms. The number of nitrogens with one attached hydrogen (secondary N) is 2. The number of fused-ring (bicyclic) bond motifs is 1.